The molecule has 0 saturated carbocycles. The van der Waals surface area contributed by atoms with Crippen molar-refractivity contribution in [3.05, 3.63) is 24.4 Å². The maximum Gasteiger partial charge on any atom is 0.343 e. The van der Waals surface area contributed by atoms with Crippen molar-refractivity contribution in [3.63, 3.8) is 0 Å². The topological polar surface area (TPSA) is 78.1 Å². The first kappa shape index (κ1) is 13.5. The minimum Gasteiger partial charge on any atom is -0.462 e. The molecule has 1 heterocycles. The molecule has 0 spiro atoms. The monoisotopic (exact) mass is 253 g/mol. The van der Waals surface area contributed by atoms with Crippen LogP contribution in [0.1, 0.15) is 24.2 Å². The average molecular weight is 253 g/mol. The van der Waals surface area contributed by atoms with Gasteiger partial charge in [-0.05, 0) is 13.8 Å². The van der Waals surface area contributed by atoms with E-state index >= 15 is 0 Å². The summed E-state index contributed by atoms with van der Waals surface area (Å²) in [5.41, 5.74) is 5.88. The van der Waals surface area contributed by atoms with Crippen molar-refractivity contribution < 1.29 is 9.53 Å². The molecule has 0 aromatic carbocycles. The number of anilines is 1. The number of carbonyl (C=O) groups is 1. The predicted octanol–water partition coefficient (Wildman–Crippen LogP) is 1.90. The molecule has 1 aromatic heterocycles. The summed E-state index contributed by atoms with van der Waals surface area (Å²) in [6, 6.07) is 0. The Labute approximate surface area is 104 Å². The van der Waals surface area contributed by atoms with Crippen molar-refractivity contribution in [1.29, 1.82) is 0 Å². The van der Waals surface area contributed by atoms with Crippen LogP contribution in [0.4, 0.5) is 5.82 Å². The first-order valence-electron chi connectivity index (χ1n) is 5.17. The van der Waals surface area contributed by atoms with Gasteiger partial charge in [0, 0.05) is 11.4 Å². The highest BCUT2D eigenvalue weighted by Crippen LogP contribution is 2.21. The molecule has 0 radical (unpaired) electrons. The van der Waals surface area contributed by atoms with Crippen LogP contribution >= 0.6 is 11.8 Å². The van der Waals surface area contributed by atoms with Crippen molar-refractivity contribution in [3.8, 4) is 0 Å². The quantitative estimate of drug-likeness (QED) is 0.374. The van der Waals surface area contributed by atoms with Crippen LogP contribution in [-0.2, 0) is 4.74 Å². The second-order valence-corrected chi connectivity index (χ2v) is 4.58. The molecule has 0 aliphatic carbocycles. The summed E-state index contributed by atoms with van der Waals surface area (Å²) in [6.45, 7) is 7.66. The van der Waals surface area contributed by atoms with Crippen molar-refractivity contribution in [2.45, 2.75) is 24.3 Å². The van der Waals surface area contributed by atoms with Gasteiger partial charge in [-0.2, -0.15) is 0 Å². The largest absolute Gasteiger partial charge is 0.462 e. The molecule has 0 aliphatic rings. The van der Waals surface area contributed by atoms with Crippen LogP contribution in [0.2, 0.25) is 0 Å². The van der Waals surface area contributed by atoms with Crippen LogP contribution in [0.25, 0.3) is 0 Å². The summed E-state index contributed by atoms with van der Waals surface area (Å²) in [5.74, 6) is -0.365. The van der Waals surface area contributed by atoms with Crippen LogP contribution in [0, 0.1) is 0 Å². The zero-order chi connectivity index (χ0) is 12.8. The number of thioether (sulfide) groups is 1. The number of hydrogen-bond acceptors (Lipinski definition) is 6. The molecular weight excluding hydrogens is 238 g/mol. The molecule has 1 aromatic rings. The summed E-state index contributed by atoms with van der Waals surface area (Å²) < 4.78 is 4.83. The lowest BCUT2D eigenvalue weighted by molar-refractivity contribution is 0.0526. The van der Waals surface area contributed by atoms with Gasteiger partial charge in [-0.3, -0.25) is 0 Å². The van der Waals surface area contributed by atoms with Gasteiger partial charge in [-0.25, -0.2) is 14.8 Å². The van der Waals surface area contributed by atoms with Gasteiger partial charge in [-0.1, -0.05) is 17.8 Å². The predicted molar refractivity (Wildman–Crippen MR) is 67.9 cm³/mol. The number of nitrogens with two attached hydrogens (primary N) is 1. The van der Waals surface area contributed by atoms with Crippen molar-refractivity contribution >= 4 is 23.5 Å². The molecule has 0 bridgehead atoms. The van der Waals surface area contributed by atoms with Crippen molar-refractivity contribution in [1.82, 2.24) is 9.97 Å². The maximum atomic E-state index is 11.4. The second-order valence-electron chi connectivity index (χ2n) is 3.23. The minimum absolute atomic E-state index is 0.136. The fourth-order valence-corrected chi connectivity index (χ4v) is 1.71. The highest BCUT2D eigenvalue weighted by atomic mass is 32.2. The molecule has 1 atom stereocenters. The molecule has 0 amide bonds. The average Bonchev–Trinajstić information content (AvgIpc) is 2.29. The smallest absolute Gasteiger partial charge is 0.343 e. The second kappa shape index (κ2) is 6.24. The van der Waals surface area contributed by atoms with E-state index in [2.05, 4.69) is 16.5 Å². The van der Waals surface area contributed by atoms with Crippen molar-refractivity contribution in [2.24, 2.45) is 0 Å². The van der Waals surface area contributed by atoms with Crippen LogP contribution in [0.3, 0.4) is 0 Å². The molecule has 2 N–H and O–H groups in total. The Balaban J connectivity index is 2.86. The molecule has 17 heavy (non-hydrogen) atoms. The molecule has 92 valence electrons. The molecule has 0 saturated heterocycles. The Kier molecular flexibility index (Phi) is 4.96. The fraction of sp³-hybridized carbons (Fsp3) is 0.364. The lowest BCUT2D eigenvalue weighted by Gasteiger charge is -2.07. The minimum atomic E-state index is -0.502. The lowest BCUT2D eigenvalue weighted by Crippen LogP contribution is -2.11. The van der Waals surface area contributed by atoms with E-state index < -0.39 is 5.97 Å². The van der Waals surface area contributed by atoms with Gasteiger partial charge in [0.25, 0.3) is 0 Å². The Hall–Kier alpha value is -1.56. The van der Waals surface area contributed by atoms with Gasteiger partial charge in [-0.15, -0.1) is 6.58 Å². The first-order valence-corrected chi connectivity index (χ1v) is 6.05. The van der Waals surface area contributed by atoms with Crippen LogP contribution in [-0.4, -0.2) is 27.8 Å². The number of carbonyl (C=O) groups excluding carboxylic acids is 1. The van der Waals surface area contributed by atoms with Crippen molar-refractivity contribution in [2.75, 3.05) is 12.3 Å². The maximum absolute atomic E-state index is 11.4. The molecule has 5 nitrogen and oxygen atoms in total. The number of ether oxygens (including phenoxy) is 1. The molecule has 0 aliphatic heterocycles. The van der Waals surface area contributed by atoms with E-state index in [4.69, 9.17) is 10.5 Å². The SMILES string of the molecule is C=CC(C)Sc1ncc(C(=O)OCC)c(N)n1. The third-order valence-corrected chi connectivity index (χ3v) is 2.89. The fourth-order valence-electron chi connectivity index (χ4n) is 1.02. The highest BCUT2D eigenvalue weighted by Gasteiger charge is 2.14. The Morgan fingerprint density at radius 1 is 1.76 bits per heavy atom. The van der Waals surface area contributed by atoms with Crippen LogP contribution < -0.4 is 5.73 Å². The number of rotatable bonds is 5. The standard InChI is InChI=1S/C11H15N3O2S/c1-4-7(3)17-11-13-6-8(9(12)14-11)10(15)16-5-2/h4,6-7H,1,5H2,2-3H3,(H2,12,13,14). The van der Waals surface area contributed by atoms with Crippen LogP contribution in [0.5, 0.6) is 0 Å². The molecule has 0 fully saturated rings. The number of nitrogens with zero attached hydrogens (tertiary/aromatic N) is 2. The molecular formula is C11H15N3O2S. The summed E-state index contributed by atoms with van der Waals surface area (Å²) >= 11 is 1.42. The Morgan fingerprint density at radius 2 is 2.47 bits per heavy atom. The van der Waals surface area contributed by atoms with E-state index in [1.807, 2.05) is 6.92 Å². The van der Waals surface area contributed by atoms with Gasteiger partial charge in [0.15, 0.2) is 5.16 Å². The van der Waals surface area contributed by atoms with Gasteiger partial charge in [0.05, 0.1) is 6.61 Å². The van der Waals surface area contributed by atoms with E-state index in [0.29, 0.717) is 11.8 Å². The highest BCUT2D eigenvalue weighted by molar-refractivity contribution is 7.99. The van der Waals surface area contributed by atoms with E-state index in [0.717, 1.165) is 0 Å². The van der Waals surface area contributed by atoms with E-state index in [-0.39, 0.29) is 16.6 Å². The third kappa shape index (κ3) is 3.74. The summed E-state index contributed by atoms with van der Waals surface area (Å²) in [6.07, 6.45) is 3.17. The zero-order valence-electron chi connectivity index (χ0n) is 9.84. The number of nitrogen functional groups attached to an aromatic ring is 1. The molecule has 6 heteroatoms. The van der Waals surface area contributed by atoms with Gasteiger partial charge >= 0.3 is 5.97 Å². The van der Waals surface area contributed by atoms with Gasteiger partial charge < -0.3 is 10.5 Å². The number of esters is 1. The lowest BCUT2D eigenvalue weighted by atomic mass is 10.3. The van der Waals surface area contributed by atoms with Gasteiger partial charge in [0.2, 0.25) is 0 Å². The Bertz CT molecular complexity index is 423. The third-order valence-electron chi connectivity index (χ3n) is 1.91. The number of hydrogen-bond donors (Lipinski definition) is 1. The van der Waals surface area contributed by atoms with E-state index in [1.54, 1.807) is 13.0 Å². The molecule has 1 unspecified atom stereocenters. The first-order chi connectivity index (χ1) is 8.08. The Morgan fingerprint density at radius 3 is 3.00 bits per heavy atom. The normalized spacial score (nSPS) is 11.9. The van der Waals surface area contributed by atoms with E-state index in [1.165, 1.54) is 18.0 Å². The van der Waals surface area contributed by atoms with Gasteiger partial charge in [0.1, 0.15) is 11.4 Å². The zero-order valence-corrected chi connectivity index (χ0v) is 10.7. The summed E-state index contributed by atoms with van der Waals surface area (Å²) in [4.78, 5) is 19.5. The van der Waals surface area contributed by atoms with Crippen LogP contribution in [0.15, 0.2) is 24.0 Å². The summed E-state index contributed by atoms with van der Waals surface area (Å²) in [7, 11) is 0. The summed E-state index contributed by atoms with van der Waals surface area (Å²) in [5, 5.41) is 0.700. The molecule has 1 rings (SSSR count). The number of aromatic nitrogens is 2. The van der Waals surface area contributed by atoms with E-state index in [9.17, 15) is 4.79 Å².